The third-order valence-corrected chi connectivity index (χ3v) is 2.94. The van der Waals surface area contributed by atoms with Gasteiger partial charge >= 0.3 is 0 Å². The van der Waals surface area contributed by atoms with Gasteiger partial charge in [-0.3, -0.25) is 4.79 Å². The fourth-order valence-corrected chi connectivity index (χ4v) is 1.65. The number of carbonyl (C=O) groups excluding carboxylic acids is 1. The molecule has 2 atom stereocenters. The van der Waals surface area contributed by atoms with Crippen LogP contribution in [0.3, 0.4) is 0 Å². The summed E-state index contributed by atoms with van der Waals surface area (Å²) in [5, 5.41) is 6.20. The van der Waals surface area contributed by atoms with Crippen LogP contribution < -0.4 is 10.6 Å². The normalized spacial score (nSPS) is 20.7. The first-order valence-corrected chi connectivity index (χ1v) is 6.53. The quantitative estimate of drug-likeness (QED) is 0.664. The number of amides is 1. The summed E-state index contributed by atoms with van der Waals surface area (Å²) in [4.78, 5) is 11.5. The molecule has 17 heavy (non-hydrogen) atoms. The fourth-order valence-electron chi connectivity index (χ4n) is 1.65. The predicted molar refractivity (Wildman–Crippen MR) is 68.6 cm³/mol. The van der Waals surface area contributed by atoms with Gasteiger partial charge in [0, 0.05) is 25.6 Å². The Morgan fingerprint density at radius 2 is 2.41 bits per heavy atom. The summed E-state index contributed by atoms with van der Waals surface area (Å²) in [7, 11) is 0. The van der Waals surface area contributed by atoms with Crippen molar-refractivity contribution in [2.24, 2.45) is 0 Å². The van der Waals surface area contributed by atoms with Crippen LogP contribution in [0, 0.1) is 0 Å². The highest BCUT2D eigenvalue weighted by molar-refractivity contribution is 5.76. The lowest BCUT2D eigenvalue weighted by Crippen LogP contribution is -2.35. The van der Waals surface area contributed by atoms with Gasteiger partial charge in [-0.15, -0.1) is 0 Å². The first kappa shape index (κ1) is 14.0. The molecule has 1 amide bonds. The highest BCUT2D eigenvalue weighted by atomic mass is 16.5. The van der Waals surface area contributed by atoms with E-state index in [1.807, 2.05) is 13.0 Å². The maximum Gasteiger partial charge on any atom is 0.221 e. The molecule has 98 valence electrons. The van der Waals surface area contributed by atoms with E-state index < -0.39 is 0 Å². The molecule has 0 radical (unpaired) electrons. The monoisotopic (exact) mass is 240 g/mol. The Balaban J connectivity index is 1.99. The van der Waals surface area contributed by atoms with Gasteiger partial charge in [-0.2, -0.15) is 0 Å². The Morgan fingerprint density at radius 3 is 3.06 bits per heavy atom. The smallest absolute Gasteiger partial charge is 0.221 e. The Morgan fingerprint density at radius 1 is 1.59 bits per heavy atom. The van der Waals surface area contributed by atoms with Gasteiger partial charge in [-0.1, -0.05) is 6.92 Å². The Bertz CT molecular complexity index is 254. The van der Waals surface area contributed by atoms with E-state index in [-0.39, 0.29) is 18.1 Å². The van der Waals surface area contributed by atoms with E-state index in [9.17, 15) is 4.79 Å². The lowest BCUT2D eigenvalue weighted by Gasteiger charge is -2.19. The van der Waals surface area contributed by atoms with E-state index in [1.165, 1.54) is 0 Å². The van der Waals surface area contributed by atoms with Gasteiger partial charge in [0.1, 0.15) is 6.10 Å². The predicted octanol–water partition coefficient (Wildman–Crippen LogP) is 1.57. The van der Waals surface area contributed by atoms with Crippen LogP contribution >= 0.6 is 0 Å². The van der Waals surface area contributed by atoms with Crippen molar-refractivity contribution in [2.45, 2.75) is 51.7 Å². The molecule has 0 fully saturated rings. The molecule has 4 nitrogen and oxygen atoms in total. The van der Waals surface area contributed by atoms with Crippen molar-refractivity contribution in [3.63, 3.8) is 0 Å². The summed E-state index contributed by atoms with van der Waals surface area (Å²) in [6.45, 7) is 5.62. The average Bonchev–Trinajstić information content (AvgIpc) is 2.36. The second-order valence-electron chi connectivity index (χ2n) is 4.54. The van der Waals surface area contributed by atoms with Gasteiger partial charge in [0.05, 0.1) is 6.26 Å². The van der Waals surface area contributed by atoms with Crippen LogP contribution in [0.5, 0.6) is 0 Å². The first-order valence-electron chi connectivity index (χ1n) is 6.53. The first-order chi connectivity index (χ1) is 8.22. The molecule has 0 spiro atoms. The largest absolute Gasteiger partial charge is 0.497 e. The topological polar surface area (TPSA) is 50.4 Å². The zero-order valence-corrected chi connectivity index (χ0v) is 10.9. The number of nitrogens with one attached hydrogen (secondary N) is 2. The molecule has 0 aromatic heterocycles. The SMILES string of the molecule is CCC(C)NC(=O)CCNCC1CCC=CO1. The number of rotatable bonds is 7. The Kier molecular flexibility index (Phi) is 6.70. The minimum absolute atomic E-state index is 0.122. The number of hydrogen-bond donors (Lipinski definition) is 2. The van der Waals surface area contributed by atoms with E-state index in [0.29, 0.717) is 13.0 Å². The zero-order chi connectivity index (χ0) is 12.5. The van der Waals surface area contributed by atoms with Crippen molar-refractivity contribution in [1.82, 2.24) is 10.6 Å². The van der Waals surface area contributed by atoms with E-state index in [1.54, 1.807) is 6.26 Å². The van der Waals surface area contributed by atoms with Crippen molar-refractivity contribution in [3.8, 4) is 0 Å². The van der Waals surface area contributed by atoms with E-state index in [0.717, 1.165) is 25.8 Å². The molecule has 0 aromatic carbocycles. The van der Waals surface area contributed by atoms with Crippen molar-refractivity contribution in [2.75, 3.05) is 13.1 Å². The fraction of sp³-hybridized carbons (Fsp3) is 0.769. The lowest BCUT2D eigenvalue weighted by atomic mass is 10.1. The van der Waals surface area contributed by atoms with Crippen LogP contribution in [0.4, 0.5) is 0 Å². The molecule has 0 bridgehead atoms. The molecular formula is C13H24N2O2. The highest BCUT2D eigenvalue weighted by Gasteiger charge is 2.10. The van der Waals surface area contributed by atoms with Crippen molar-refractivity contribution >= 4 is 5.91 Å². The summed E-state index contributed by atoms with van der Waals surface area (Å²) in [5.41, 5.74) is 0. The zero-order valence-electron chi connectivity index (χ0n) is 10.9. The molecule has 1 rings (SSSR count). The highest BCUT2D eigenvalue weighted by Crippen LogP contribution is 2.08. The van der Waals surface area contributed by atoms with Crippen molar-refractivity contribution in [1.29, 1.82) is 0 Å². The van der Waals surface area contributed by atoms with Gasteiger partial charge in [0.15, 0.2) is 0 Å². The van der Waals surface area contributed by atoms with Gasteiger partial charge in [0.2, 0.25) is 5.91 Å². The number of ether oxygens (including phenoxy) is 1. The summed E-state index contributed by atoms with van der Waals surface area (Å²) >= 11 is 0. The second kappa shape index (κ2) is 8.12. The second-order valence-corrected chi connectivity index (χ2v) is 4.54. The Hall–Kier alpha value is -1.03. The maximum absolute atomic E-state index is 11.5. The van der Waals surface area contributed by atoms with Crippen LogP contribution in [0.2, 0.25) is 0 Å². The molecule has 1 aliphatic rings. The van der Waals surface area contributed by atoms with Crippen LogP contribution in [-0.4, -0.2) is 31.1 Å². The van der Waals surface area contributed by atoms with Gasteiger partial charge in [-0.05, 0) is 32.3 Å². The minimum atomic E-state index is 0.122. The van der Waals surface area contributed by atoms with Gasteiger partial charge < -0.3 is 15.4 Å². The maximum atomic E-state index is 11.5. The van der Waals surface area contributed by atoms with Crippen LogP contribution in [0.15, 0.2) is 12.3 Å². The van der Waals surface area contributed by atoms with Crippen molar-refractivity contribution < 1.29 is 9.53 Å². The molecule has 0 saturated carbocycles. The number of carbonyl (C=O) groups is 1. The summed E-state index contributed by atoms with van der Waals surface area (Å²) in [6, 6.07) is 0.273. The standard InChI is InChI=1S/C13H24N2O2/c1-3-11(2)15-13(16)7-8-14-10-12-6-4-5-9-17-12/h5,9,11-12,14H,3-4,6-8,10H2,1-2H3,(H,15,16). The molecular weight excluding hydrogens is 216 g/mol. The average molecular weight is 240 g/mol. The molecule has 4 heteroatoms. The van der Waals surface area contributed by atoms with Crippen LogP contribution in [-0.2, 0) is 9.53 Å². The molecule has 1 heterocycles. The lowest BCUT2D eigenvalue weighted by molar-refractivity contribution is -0.121. The summed E-state index contributed by atoms with van der Waals surface area (Å²) in [6.07, 6.45) is 7.72. The molecule has 0 saturated heterocycles. The molecule has 2 unspecified atom stereocenters. The molecule has 2 N–H and O–H groups in total. The number of allylic oxidation sites excluding steroid dienone is 1. The summed E-state index contributed by atoms with van der Waals surface area (Å²) in [5.74, 6) is 0.122. The third kappa shape index (κ3) is 6.31. The summed E-state index contributed by atoms with van der Waals surface area (Å²) < 4.78 is 5.42. The molecule has 0 aromatic rings. The molecule has 0 aliphatic carbocycles. The van der Waals surface area contributed by atoms with Crippen molar-refractivity contribution in [3.05, 3.63) is 12.3 Å². The minimum Gasteiger partial charge on any atom is -0.497 e. The molecule has 1 aliphatic heterocycles. The van der Waals surface area contributed by atoms with E-state index >= 15 is 0 Å². The van der Waals surface area contributed by atoms with Gasteiger partial charge in [-0.25, -0.2) is 0 Å². The van der Waals surface area contributed by atoms with E-state index in [2.05, 4.69) is 17.6 Å². The number of hydrogen-bond acceptors (Lipinski definition) is 3. The third-order valence-electron chi connectivity index (χ3n) is 2.94. The van der Waals surface area contributed by atoms with Crippen LogP contribution in [0.25, 0.3) is 0 Å². The van der Waals surface area contributed by atoms with E-state index in [4.69, 9.17) is 4.74 Å². The van der Waals surface area contributed by atoms with Gasteiger partial charge in [0.25, 0.3) is 0 Å². The van der Waals surface area contributed by atoms with Crippen LogP contribution in [0.1, 0.15) is 39.5 Å². The Labute approximate surface area is 104 Å².